The molecule has 0 radical (unpaired) electrons. The largest absolute Gasteiger partial charge is 0.317 e. The Labute approximate surface area is 113 Å². The van der Waals surface area contributed by atoms with Gasteiger partial charge >= 0.3 is 0 Å². The van der Waals surface area contributed by atoms with Crippen LogP contribution in [0.25, 0.3) is 0 Å². The number of benzene rings is 1. The highest BCUT2D eigenvalue weighted by molar-refractivity contribution is 9.10. The number of halogens is 1. The number of rotatable bonds is 3. The van der Waals surface area contributed by atoms with Gasteiger partial charge in [-0.05, 0) is 61.4 Å². The lowest BCUT2D eigenvalue weighted by molar-refractivity contribution is 0.372. The van der Waals surface area contributed by atoms with E-state index in [4.69, 9.17) is 0 Å². The van der Waals surface area contributed by atoms with Crippen molar-refractivity contribution >= 4 is 15.9 Å². The Balaban J connectivity index is 2.04. The summed E-state index contributed by atoms with van der Waals surface area (Å²) in [6.45, 7) is 6.87. The minimum atomic E-state index is 0.595. The zero-order valence-electron chi connectivity index (χ0n) is 10.8. The fourth-order valence-corrected chi connectivity index (χ4v) is 3.47. The first-order valence-corrected chi connectivity index (χ1v) is 7.45. The molecular formula is C15H22BrN. The molecule has 0 unspecified atom stereocenters. The normalized spacial score (nSPS) is 17.6. The molecule has 0 bridgehead atoms. The van der Waals surface area contributed by atoms with Gasteiger partial charge in [0.1, 0.15) is 0 Å². The van der Waals surface area contributed by atoms with Gasteiger partial charge in [-0.1, -0.05) is 41.9 Å². The Kier molecular flexibility index (Phi) is 4.63. The average molecular weight is 296 g/mol. The molecule has 0 amide bonds. The van der Waals surface area contributed by atoms with E-state index in [2.05, 4.69) is 53.3 Å². The van der Waals surface area contributed by atoms with Crippen molar-refractivity contribution in [2.45, 2.75) is 39.0 Å². The minimum Gasteiger partial charge on any atom is -0.317 e. The van der Waals surface area contributed by atoms with Crippen LogP contribution < -0.4 is 5.32 Å². The highest BCUT2D eigenvalue weighted by Crippen LogP contribution is 2.27. The zero-order valence-corrected chi connectivity index (χ0v) is 12.4. The van der Waals surface area contributed by atoms with Gasteiger partial charge in [0.25, 0.3) is 0 Å². The lowest BCUT2D eigenvalue weighted by Gasteiger charge is -2.23. The van der Waals surface area contributed by atoms with Crippen molar-refractivity contribution < 1.29 is 0 Å². The molecule has 1 aliphatic rings. The number of hydrogen-bond acceptors (Lipinski definition) is 1. The monoisotopic (exact) mass is 295 g/mol. The van der Waals surface area contributed by atoms with Crippen molar-refractivity contribution in [3.8, 4) is 0 Å². The van der Waals surface area contributed by atoms with Crippen molar-refractivity contribution in [3.05, 3.63) is 33.8 Å². The summed E-state index contributed by atoms with van der Waals surface area (Å²) in [6, 6.07) is 6.91. The molecule has 2 heteroatoms. The van der Waals surface area contributed by atoms with Crippen molar-refractivity contribution in [2.75, 3.05) is 13.1 Å². The molecule has 1 fully saturated rings. The molecule has 1 aromatic carbocycles. The lowest BCUT2D eigenvalue weighted by atomic mass is 9.90. The molecule has 17 heavy (non-hydrogen) atoms. The van der Waals surface area contributed by atoms with Crippen molar-refractivity contribution in [1.82, 2.24) is 5.32 Å². The van der Waals surface area contributed by atoms with E-state index in [0.29, 0.717) is 5.92 Å². The molecule has 0 spiro atoms. The Bertz CT molecular complexity index is 367. The summed E-state index contributed by atoms with van der Waals surface area (Å²) in [6.07, 6.45) is 3.88. The van der Waals surface area contributed by atoms with E-state index < -0.39 is 0 Å². The summed E-state index contributed by atoms with van der Waals surface area (Å²) in [5, 5.41) is 3.43. The number of piperidine rings is 1. The van der Waals surface area contributed by atoms with Crippen molar-refractivity contribution in [1.29, 1.82) is 0 Å². The van der Waals surface area contributed by atoms with E-state index in [1.165, 1.54) is 48.0 Å². The predicted molar refractivity (Wildman–Crippen MR) is 77.5 cm³/mol. The van der Waals surface area contributed by atoms with Crippen LogP contribution in [0.3, 0.4) is 0 Å². The highest BCUT2D eigenvalue weighted by Gasteiger charge is 2.14. The maximum atomic E-state index is 3.70. The van der Waals surface area contributed by atoms with Gasteiger partial charge in [0.05, 0.1) is 0 Å². The van der Waals surface area contributed by atoms with E-state index in [9.17, 15) is 0 Å². The van der Waals surface area contributed by atoms with Crippen LogP contribution >= 0.6 is 15.9 Å². The quantitative estimate of drug-likeness (QED) is 0.885. The van der Waals surface area contributed by atoms with Crippen molar-refractivity contribution in [2.24, 2.45) is 5.92 Å². The second-order valence-electron chi connectivity index (χ2n) is 5.41. The Morgan fingerprint density at radius 1 is 1.29 bits per heavy atom. The summed E-state index contributed by atoms with van der Waals surface area (Å²) >= 11 is 3.70. The van der Waals surface area contributed by atoms with Gasteiger partial charge in [-0.25, -0.2) is 0 Å². The molecule has 1 heterocycles. The molecule has 0 aliphatic carbocycles. The summed E-state index contributed by atoms with van der Waals surface area (Å²) in [7, 11) is 0. The van der Waals surface area contributed by atoms with Gasteiger partial charge in [-0.15, -0.1) is 0 Å². The van der Waals surface area contributed by atoms with Crippen LogP contribution in [-0.2, 0) is 6.42 Å². The first-order chi connectivity index (χ1) is 8.16. The molecule has 1 aromatic rings. The summed E-state index contributed by atoms with van der Waals surface area (Å²) in [5.41, 5.74) is 2.90. The second-order valence-corrected chi connectivity index (χ2v) is 6.26. The van der Waals surface area contributed by atoms with Gasteiger partial charge in [0.15, 0.2) is 0 Å². The third-order valence-electron chi connectivity index (χ3n) is 3.67. The van der Waals surface area contributed by atoms with E-state index >= 15 is 0 Å². The molecule has 1 saturated heterocycles. The summed E-state index contributed by atoms with van der Waals surface area (Å²) in [4.78, 5) is 0. The Morgan fingerprint density at radius 2 is 2.00 bits per heavy atom. The predicted octanol–water partition coefficient (Wildman–Crippen LogP) is 4.11. The van der Waals surface area contributed by atoms with Crippen LogP contribution in [0.15, 0.2) is 22.7 Å². The Morgan fingerprint density at radius 3 is 2.59 bits per heavy atom. The van der Waals surface area contributed by atoms with Crippen molar-refractivity contribution in [3.63, 3.8) is 0 Å². The molecule has 2 rings (SSSR count). The summed E-state index contributed by atoms with van der Waals surface area (Å²) in [5.74, 6) is 1.46. The third-order valence-corrected chi connectivity index (χ3v) is 4.36. The summed E-state index contributed by atoms with van der Waals surface area (Å²) < 4.78 is 1.28. The molecule has 1 nitrogen and oxygen atoms in total. The van der Waals surface area contributed by atoms with Gasteiger partial charge in [-0.2, -0.15) is 0 Å². The number of hydrogen-bond donors (Lipinski definition) is 1. The topological polar surface area (TPSA) is 12.0 Å². The second kappa shape index (κ2) is 6.01. The SMILES string of the molecule is CC(C)c1ccc(CC2CCNCC2)cc1Br. The fraction of sp³-hybridized carbons (Fsp3) is 0.600. The van der Waals surface area contributed by atoms with Gasteiger partial charge in [-0.3, -0.25) is 0 Å². The lowest BCUT2D eigenvalue weighted by Crippen LogP contribution is -2.28. The maximum absolute atomic E-state index is 3.70. The van der Waals surface area contributed by atoms with E-state index in [1.54, 1.807) is 0 Å². The van der Waals surface area contributed by atoms with Gasteiger partial charge in [0, 0.05) is 4.47 Å². The minimum absolute atomic E-state index is 0.595. The average Bonchev–Trinajstić information content (AvgIpc) is 2.30. The van der Waals surface area contributed by atoms with Crippen LogP contribution in [0.5, 0.6) is 0 Å². The molecule has 1 aliphatic heterocycles. The molecule has 0 saturated carbocycles. The molecule has 0 atom stereocenters. The van der Waals surface area contributed by atoms with E-state index in [-0.39, 0.29) is 0 Å². The molecule has 0 aromatic heterocycles. The third kappa shape index (κ3) is 3.56. The van der Waals surface area contributed by atoms with Crippen LogP contribution in [0, 0.1) is 5.92 Å². The van der Waals surface area contributed by atoms with E-state index in [0.717, 1.165) is 5.92 Å². The highest BCUT2D eigenvalue weighted by atomic mass is 79.9. The van der Waals surface area contributed by atoms with Crippen LogP contribution in [0.2, 0.25) is 0 Å². The fourth-order valence-electron chi connectivity index (χ4n) is 2.59. The molecule has 1 N–H and O–H groups in total. The molecular weight excluding hydrogens is 274 g/mol. The van der Waals surface area contributed by atoms with Gasteiger partial charge < -0.3 is 5.32 Å². The smallest absolute Gasteiger partial charge is 0.0212 e. The van der Waals surface area contributed by atoms with Crippen LogP contribution in [0.1, 0.15) is 43.7 Å². The standard InChI is InChI=1S/C15H22BrN/c1-11(2)14-4-3-13(10-15(14)16)9-12-5-7-17-8-6-12/h3-4,10-12,17H,5-9H2,1-2H3. The first-order valence-electron chi connectivity index (χ1n) is 6.66. The maximum Gasteiger partial charge on any atom is 0.0212 e. The number of nitrogens with one attached hydrogen (secondary N) is 1. The van der Waals surface area contributed by atoms with Crippen LogP contribution in [-0.4, -0.2) is 13.1 Å². The zero-order chi connectivity index (χ0) is 12.3. The van der Waals surface area contributed by atoms with E-state index in [1.807, 2.05) is 0 Å². The Hall–Kier alpha value is -0.340. The van der Waals surface area contributed by atoms with Crippen LogP contribution in [0.4, 0.5) is 0 Å². The van der Waals surface area contributed by atoms with Gasteiger partial charge in [0.2, 0.25) is 0 Å². The first kappa shape index (κ1) is 13.1. The molecule has 94 valence electrons.